The van der Waals surface area contributed by atoms with Gasteiger partial charge in [-0.3, -0.25) is 9.59 Å². The van der Waals surface area contributed by atoms with Crippen LogP contribution in [-0.4, -0.2) is 30.2 Å². The van der Waals surface area contributed by atoms with Gasteiger partial charge in [-0.05, 0) is 38.1 Å². The third kappa shape index (κ3) is 5.74. The summed E-state index contributed by atoms with van der Waals surface area (Å²) in [7, 11) is 0. The summed E-state index contributed by atoms with van der Waals surface area (Å²) in [5, 5.41) is 5.57. The maximum Gasteiger partial charge on any atom is 0.251 e. The number of rotatable bonds is 7. The molecule has 0 spiro atoms. The summed E-state index contributed by atoms with van der Waals surface area (Å²) in [5.41, 5.74) is 1.58. The van der Waals surface area contributed by atoms with Crippen molar-refractivity contribution in [2.75, 3.05) is 12.3 Å². The lowest BCUT2D eigenvalue weighted by molar-refractivity contribution is -0.122. The fourth-order valence-electron chi connectivity index (χ4n) is 2.14. The van der Waals surface area contributed by atoms with E-state index in [-0.39, 0.29) is 11.8 Å². The highest BCUT2D eigenvalue weighted by molar-refractivity contribution is 7.99. The molecule has 2 N–H and O–H groups in total. The van der Waals surface area contributed by atoms with Crippen LogP contribution in [0.3, 0.4) is 0 Å². The summed E-state index contributed by atoms with van der Waals surface area (Å²) in [6.45, 7) is 4.17. The average Bonchev–Trinajstić information content (AvgIpc) is 2.59. The first-order valence-corrected chi connectivity index (χ1v) is 8.88. The molecule has 0 aliphatic heterocycles. The minimum absolute atomic E-state index is 0.176. The van der Waals surface area contributed by atoms with E-state index in [4.69, 9.17) is 0 Å². The van der Waals surface area contributed by atoms with E-state index in [1.807, 2.05) is 49.4 Å². The van der Waals surface area contributed by atoms with Gasteiger partial charge in [0.05, 0.1) is 0 Å². The molecule has 126 valence electrons. The SMILES string of the molecule is Cc1cccc(C(=O)N[C@@H](C)C(=O)NCCSc2ccccc2)c1. The molecule has 0 unspecified atom stereocenters. The lowest BCUT2D eigenvalue weighted by atomic mass is 10.1. The molecule has 2 aromatic carbocycles. The highest BCUT2D eigenvalue weighted by atomic mass is 32.2. The third-order valence-corrected chi connectivity index (χ3v) is 4.45. The Hall–Kier alpha value is -2.27. The van der Waals surface area contributed by atoms with Crippen molar-refractivity contribution in [1.29, 1.82) is 0 Å². The van der Waals surface area contributed by atoms with Crippen LogP contribution in [-0.2, 0) is 4.79 Å². The maximum atomic E-state index is 12.1. The molecule has 0 fully saturated rings. The Morgan fingerprint density at radius 3 is 2.54 bits per heavy atom. The van der Waals surface area contributed by atoms with Crippen molar-refractivity contribution in [3.63, 3.8) is 0 Å². The third-order valence-electron chi connectivity index (χ3n) is 3.43. The molecular formula is C19H22N2O2S. The van der Waals surface area contributed by atoms with Gasteiger partial charge in [0.1, 0.15) is 6.04 Å². The van der Waals surface area contributed by atoms with Crippen LogP contribution in [0.2, 0.25) is 0 Å². The van der Waals surface area contributed by atoms with E-state index >= 15 is 0 Å². The van der Waals surface area contributed by atoms with Gasteiger partial charge in [0.2, 0.25) is 5.91 Å². The van der Waals surface area contributed by atoms with Crippen molar-refractivity contribution >= 4 is 23.6 Å². The van der Waals surface area contributed by atoms with Crippen LogP contribution in [0.1, 0.15) is 22.8 Å². The van der Waals surface area contributed by atoms with E-state index in [1.165, 1.54) is 4.90 Å². The van der Waals surface area contributed by atoms with E-state index in [1.54, 1.807) is 30.8 Å². The predicted molar refractivity (Wildman–Crippen MR) is 98.3 cm³/mol. The quantitative estimate of drug-likeness (QED) is 0.601. The molecule has 0 radical (unpaired) electrons. The molecule has 0 aliphatic rings. The maximum absolute atomic E-state index is 12.1. The molecule has 0 aromatic heterocycles. The van der Waals surface area contributed by atoms with Gasteiger partial charge >= 0.3 is 0 Å². The van der Waals surface area contributed by atoms with Crippen LogP contribution in [0.4, 0.5) is 0 Å². The summed E-state index contributed by atoms with van der Waals surface area (Å²) in [4.78, 5) is 25.4. The van der Waals surface area contributed by atoms with Gasteiger partial charge in [0.25, 0.3) is 5.91 Å². The normalized spacial score (nSPS) is 11.6. The smallest absolute Gasteiger partial charge is 0.251 e. The lowest BCUT2D eigenvalue weighted by Gasteiger charge is -2.14. The van der Waals surface area contributed by atoms with Crippen molar-refractivity contribution in [2.45, 2.75) is 24.8 Å². The Bertz CT molecular complexity index is 689. The molecule has 1 atom stereocenters. The zero-order valence-electron chi connectivity index (χ0n) is 13.9. The van der Waals surface area contributed by atoms with E-state index in [2.05, 4.69) is 10.6 Å². The van der Waals surface area contributed by atoms with Gasteiger partial charge in [0.15, 0.2) is 0 Å². The van der Waals surface area contributed by atoms with Crippen LogP contribution in [0.5, 0.6) is 0 Å². The van der Waals surface area contributed by atoms with Gasteiger partial charge < -0.3 is 10.6 Å². The van der Waals surface area contributed by atoms with Crippen LogP contribution in [0, 0.1) is 6.92 Å². The summed E-state index contributed by atoms with van der Waals surface area (Å²) in [6.07, 6.45) is 0. The number of amides is 2. The second-order valence-corrected chi connectivity index (χ2v) is 6.69. The van der Waals surface area contributed by atoms with Crippen molar-refractivity contribution in [3.05, 3.63) is 65.7 Å². The Balaban J connectivity index is 1.73. The fraction of sp³-hybridized carbons (Fsp3) is 0.263. The van der Waals surface area contributed by atoms with Crippen molar-refractivity contribution in [1.82, 2.24) is 10.6 Å². The number of carbonyl (C=O) groups excluding carboxylic acids is 2. The second kappa shape index (κ2) is 9.13. The minimum atomic E-state index is -0.570. The van der Waals surface area contributed by atoms with Gasteiger partial charge in [-0.15, -0.1) is 11.8 Å². The minimum Gasteiger partial charge on any atom is -0.353 e. The molecule has 0 bridgehead atoms. The average molecular weight is 342 g/mol. The van der Waals surface area contributed by atoms with E-state index in [0.717, 1.165) is 11.3 Å². The summed E-state index contributed by atoms with van der Waals surface area (Å²) in [6, 6.07) is 16.8. The molecule has 0 saturated carbocycles. The highest BCUT2D eigenvalue weighted by Crippen LogP contribution is 2.15. The van der Waals surface area contributed by atoms with Crippen LogP contribution in [0.15, 0.2) is 59.5 Å². The molecule has 0 aliphatic carbocycles. The summed E-state index contributed by atoms with van der Waals surface area (Å²) >= 11 is 1.68. The topological polar surface area (TPSA) is 58.2 Å². The fourth-order valence-corrected chi connectivity index (χ4v) is 2.93. The molecule has 24 heavy (non-hydrogen) atoms. The number of aryl methyl sites for hydroxylation is 1. The number of thioether (sulfide) groups is 1. The number of benzene rings is 2. The van der Waals surface area contributed by atoms with Crippen LogP contribution >= 0.6 is 11.8 Å². The Labute approximate surface area is 147 Å². The molecule has 2 amide bonds. The van der Waals surface area contributed by atoms with Gasteiger partial charge in [-0.25, -0.2) is 0 Å². The van der Waals surface area contributed by atoms with E-state index < -0.39 is 6.04 Å². The molecule has 4 nitrogen and oxygen atoms in total. The monoisotopic (exact) mass is 342 g/mol. The summed E-state index contributed by atoms with van der Waals surface area (Å²) < 4.78 is 0. The number of nitrogens with one attached hydrogen (secondary N) is 2. The molecule has 0 saturated heterocycles. The van der Waals surface area contributed by atoms with Crippen molar-refractivity contribution < 1.29 is 9.59 Å². The Morgan fingerprint density at radius 1 is 1.08 bits per heavy atom. The van der Waals surface area contributed by atoms with Crippen molar-refractivity contribution in [3.8, 4) is 0 Å². The van der Waals surface area contributed by atoms with Crippen LogP contribution < -0.4 is 10.6 Å². The largest absolute Gasteiger partial charge is 0.353 e. The highest BCUT2D eigenvalue weighted by Gasteiger charge is 2.16. The molecule has 5 heteroatoms. The molecule has 0 heterocycles. The first kappa shape index (κ1) is 18.1. The molecule has 2 aromatic rings. The zero-order chi connectivity index (χ0) is 17.4. The van der Waals surface area contributed by atoms with Gasteiger partial charge in [0, 0.05) is 22.8 Å². The van der Waals surface area contributed by atoms with Gasteiger partial charge in [-0.2, -0.15) is 0 Å². The van der Waals surface area contributed by atoms with Crippen molar-refractivity contribution in [2.24, 2.45) is 0 Å². The predicted octanol–water partition coefficient (Wildman–Crippen LogP) is 3.02. The first-order chi connectivity index (χ1) is 11.6. The van der Waals surface area contributed by atoms with Gasteiger partial charge in [-0.1, -0.05) is 35.9 Å². The standard InChI is InChI=1S/C19H22N2O2S/c1-14-7-6-8-16(13-14)19(23)21-15(2)18(22)20-11-12-24-17-9-4-3-5-10-17/h3-10,13,15H,11-12H2,1-2H3,(H,20,22)(H,21,23)/t15-/m0/s1. The Morgan fingerprint density at radius 2 is 1.83 bits per heavy atom. The first-order valence-electron chi connectivity index (χ1n) is 7.89. The molecular weight excluding hydrogens is 320 g/mol. The number of carbonyl (C=O) groups is 2. The number of hydrogen-bond donors (Lipinski definition) is 2. The zero-order valence-corrected chi connectivity index (χ0v) is 14.7. The summed E-state index contributed by atoms with van der Waals surface area (Å²) in [5.74, 6) is 0.374. The second-order valence-electron chi connectivity index (χ2n) is 5.52. The van der Waals surface area contributed by atoms with Crippen LogP contribution in [0.25, 0.3) is 0 Å². The Kier molecular flexibility index (Phi) is 6.88. The number of hydrogen-bond acceptors (Lipinski definition) is 3. The molecule has 2 rings (SSSR count). The lowest BCUT2D eigenvalue weighted by Crippen LogP contribution is -2.45. The van der Waals surface area contributed by atoms with E-state index in [9.17, 15) is 9.59 Å². The van der Waals surface area contributed by atoms with E-state index in [0.29, 0.717) is 12.1 Å².